The summed E-state index contributed by atoms with van der Waals surface area (Å²) < 4.78 is 2.15. The molecule has 0 rings (SSSR count). The van der Waals surface area contributed by atoms with Crippen LogP contribution in [0.25, 0.3) is 0 Å². The number of halogens is 2. The molecule has 10 heavy (non-hydrogen) atoms. The topological polar surface area (TPSA) is 0 Å². The third kappa shape index (κ3) is 11.7. The maximum absolute atomic E-state index is 2.22. The largest absolute Gasteiger partial charge is 1.00 e. The molecule has 0 aliphatic rings. The Labute approximate surface area is 90.8 Å². The van der Waals surface area contributed by atoms with Crippen LogP contribution in [0, 0.1) is 0 Å². The van der Waals surface area contributed by atoms with Crippen LogP contribution < -0.4 is 24.8 Å². The third-order valence-electron chi connectivity index (χ3n) is 0.872. The van der Waals surface area contributed by atoms with Crippen molar-refractivity contribution >= 4 is 0 Å². The van der Waals surface area contributed by atoms with Crippen LogP contribution in [-0.4, -0.2) is 0 Å². The minimum atomic E-state index is 0. The smallest absolute Gasteiger partial charge is 1.00 e. The van der Waals surface area contributed by atoms with E-state index in [9.17, 15) is 0 Å². The van der Waals surface area contributed by atoms with E-state index in [1.807, 2.05) is 0 Å². The molecule has 57 valence electrons. The molecule has 0 saturated carbocycles. The molecule has 0 saturated heterocycles. The fraction of sp³-hybridized carbons (Fsp3) is 0.429. The molecular weight excluding hydrogens is 246 g/mol. The van der Waals surface area contributed by atoms with E-state index in [0.29, 0.717) is 0 Å². The summed E-state index contributed by atoms with van der Waals surface area (Å²) in [6.07, 6.45) is 5.52. The summed E-state index contributed by atoms with van der Waals surface area (Å²) in [5.41, 5.74) is 1.38. The second-order valence-corrected chi connectivity index (χ2v) is 2.51. The molecule has 0 atom stereocenters. The maximum atomic E-state index is 2.22. The first-order valence-corrected chi connectivity index (χ1v) is 4.23. The van der Waals surface area contributed by atoms with E-state index in [1.54, 1.807) is 0 Å². The van der Waals surface area contributed by atoms with E-state index in [1.165, 1.54) is 30.3 Å². The van der Waals surface area contributed by atoms with Gasteiger partial charge in [0.25, 0.3) is 0 Å². The fourth-order valence-electron chi connectivity index (χ4n) is 0.521. The quantitative estimate of drug-likeness (QED) is 0.449. The molecule has 3 heteroatoms. The molecule has 0 N–H and O–H groups in total. The normalized spacial score (nSPS) is 10.6. The van der Waals surface area contributed by atoms with Crippen molar-refractivity contribution in [2.24, 2.45) is 0 Å². The van der Waals surface area contributed by atoms with Gasteiger partial charge in [-0.2, -0.15) is 0 Å². The molecule has 0 amide bonds. The van der Waals surface area contributed by atoms with Gasteiger partial charge in [0.1, 0.15) is 0 Å². The molecule has 0 heterocycles. The van der Waals surface area contributed by atoms with Gasteiger partial charge in [0.15, 0.2) is 0 Å². The second-order valence-electron chi connectivity index (χ2n) is 1.69. The molecule has 0 aliphatic heterocycles. The van der Waals surface area contributed by atoms with E-state index in [-0.39, 0.29) is 24.8 Å². The average Bonchev–Trinajstić information content (AvgIpc) is 1.68. The number of rotatable bonds is 2. The summed E-state index contributed by atoms with van der Waals surface area (Å²) in [4.78, 5) is 0. The van der Waals surface area contributed by atoms with Gasteiger partial charge < -0.3 is 24.8 Å². The van der Waals surface area contributed by atoms with Crippen molar-refractivity contribution in [2.45, 2.75) is 20.3 Å². The van der Waals surface area contributed by atoms with Crippen molar-refractivity contribution in [2.75, 3.05) is 0 Å². The Bertz CT molecular complexity index is 108. The van der Waals surface area contributed by atoms with Crippen LogP contribution >= 0.6 is 0 Å². The Balaban J connectivity index is -0.000000245. The van der Waals surface area contributed by atoms with Crippen molar-refractivity contribution in [1.29, 1.82) is 0 Å². The summed E-state index contributed by atoms with van der Waals surface area (Å²) in [5, 5.41) is 0. The summed E-state index contributed by atoms with van der Waals surface area (Å²) in [6, 6.07) is 0. The molecule has 0 aromatic carbocycles. The van der Waals surface area contributed by atoms with Gasteiger partial charge in [-0.15, -0.1) is 0 Å². The summed E-state index contributed by atoms with van der Waals surface area (Å²) >= 11 is 1.48. The van der Waals surface area contributed by atoms with Crippen LogP contribution in [0.5, 0.6) is 0 Å². The molecule has 0 fully saturated rings. The SMILES string of the molecule is CCC=C(C)C=[CH][Zr+2].[Cl-].[Cl-]. The number of hydrogen-bond donors (Lipinski definition) is 0. The minimum Gasteiger partial charge on any atom is -1.00 e. The average molecular weight is 257 g/mol. The molecule has 0 radical (unpaired) electrons. The third-order valence-corrected chi connectivity index (χ3v) is 1.28. The van der Waals surface area contributed by atoms with Crippen molar-refractivity contribution < 1.29 is 49.5 Å². The monoisotopic (exact) mass is 255 g/mol. The van der Waals surface area contributed by atoms with E-state index in [2.05, 4.69) is 29.8 Å². The summed E-state index contributed by atoms with van der Waals surface area (Å²) in [6.45, 7) is 4.28. The van der Waals surface area contributed by atoms with Crippen molar-refractivity contribution in [3.63, 3.8) is 0 Å². The molecule has 0 aliphatic carbocycles. The van der Waals surface area contributed by atoms with Gasteiger partial charge in [0.2, 0.25) is 0 Å². The predicted octanol–water partition coefficient (Wildman–Crippen LogP) is -3.59. The Morgan fingerprint density at radius 2 is 1.90 bits per heavy atom. The molecule has 0 aromatic heterocycles. The zero-order valence-corrected chi connectivity index (χ0v) is 10.2. The minimum absolute atomic E-state index is 0. The first-order chi connectivity index (χ1) is 3.81. The molecule has 0 spiro atoms. The van der Waals surface area contributed by atoms with Crippen LogP contribution in [0.15, 0.2) is 21.5 Å². The van der Waals surface area contributed by atoms with Gasteiger partial charge in [-0.05, 0) is 0 Å². The number of hydrogen-bond acceptors (Lipinski definition) is 0. The van der Waals surface area contributed by atoms with Gasteiger partial charge in [0, 0.05) is 0 Å². The van der Waals surface area contributed by atoms with Crippen molar-refractivity contribution in [1.82, 2.24) is 0 Å². The first kappa shape index (κ1) is 17.1. The van der Waals surface area contributed by atoms with E-state index >= 15 is 0 Å². The van der Waals surface area contributed by atoms with E-state index < -0.39 is 0 Å². The van der Waals surface area contributed by atoms with Crippen LogP contribution in [0.3, 0.4) is 0 Å². The van der Waals surface area contributed by atoms with Gasteiger partial charge in [-0.1, -0.05) is 0 Å². The van der Waals surface area contributed by atoms with Gasteiger partial charge in [-0.3, -0.25) is 0 Å². The van der Waals surface area contributed by atoms with Crippen LogP contribution in [0.2, 0.25) is 0 Å². The van der Waals surface area contributed by atoms with E-state index in [4.69, 9.17) is 0 Å². The molecule has 0 unspecified atom stereocenters. The van der Waals surface area contributed by atoms with E-state index in [0.717, 1.165) is 6.42 Å². The molecule has 0 nitrogen and oxygen atoms in total. The second kappa shape index (κ2) is 12.6. The van der Waals surface area contributed by atoms with Crippen LogP contribution in [-0.2, 0) is 24.7 Å². The number of allylic oxidation sites excluding steroid dienone is 3. The van der Waals surface area contributed by atoms with Gasteiger partial charge >= 0.3 is 66.5 Å². The van der Waals surface area contributed by atoms with Crippen LogP contribution in [0.1, 0.15) is 20.3 Å². The summed E-state index contributed by atoms with van der Waals surface area (Å²) in [7, 11) is 0. The fourth-order valence-corrected chi connectivity index (χ4v) is 1.17. The Hall–Kier alpha value is 0.943. The Morgan fingerprint density at radius 3 is 2.20 bits per heavy atom. The Kier molecular flexibility index (Phi) is 21.6. The molecule has 0 aromatic rings. The first-order valence-electron chi connectivity index (χ1n) is 2.81. The van der Waals surface area contributed by atoms with Crippen LogP contribution in [0.4, 0.5) is 0 Å². The summed E-state index contributed by atoms with van der Waals surface area (Å²) in [5.74, 6) is 0. The predicted molar refractivity (Wildman–Crippen MR) is 33.2 cm³/mol. The zero-order valence-electron chi connectivity index (χ0n) is 6.20. The molecule has 0 bridgehead atoms. The standard InChI is InChI=1S/C7H11.2ClH.Zr/c1-4-6-7(3)5-2;;;/h2,5-6H,4H2,1,3H3;2*1H;/q;;;+2/p-2. The van der Waals surface area contributed by atoms with Gasteiger partial charge in [-0.25, -0.2) is 0 Å². The van der Waals surface area contributed by atoms with Crippen molar-refractivity contribution in [3.05, 3.63) is 21.5 Å². The molecular formula is C7H11Cl2Zr. The maximum Gasteiger partial charge on any atom is -1.00 e. The van der Waals surface area contributed by atoms with Gasteiger partial charge in [0.05, 0.1) is 0 Å². The zero-order chi connectivity index (χ0) is 6.41. The van der Waals surface area contributed by atoms with Crippen molar-refractivity contribution in [3.8, 4) is 0 Å². The Morgan fingerprint density at radius 1 is 1.40 bits per heavy atom.